The molecule has 1 saturated heterocycles. The van der Waals surface area contributed by atoms with E-state index in [-0.39, 0.29) is 11.7 Å². The Bertz CT molecular complexity index is 676. The first kappa shape index (κ1) is 15.9. The molecule has 3 rings (SSSR count). The van der Waals surface area contributed by atoms with Crippen molar-refractivity contribution in [2.24, 2.45) is 0 Å². The summed E-state index contributed by atoms with van der Waals surface area (Å²) in [6, 6.07) is 8.60. The van der Waals surface area contributed by atoms with Crippen LogP contribution in [0.5, 0.6) is 0 Å². The van der Waals surface area contributed by atoms with Crippen molar-refractivity contribution in [2.45, 2.75) is 6.54 Å². The van der Waals surface area contributed by atoms with Crippen LogP contribution in [0.1, 0.15) is 11.1 Å². The van der Waals surface area contributed by atoms with Crippen molar-refractivity contribution < 1.29 is 9.18 Å². The summed E-state index contributed by atoms with van der Waals surface area (Å²) in [6.45, 7) is 4.11. The quantitative estimate of drug-likeness (QED) is 0.804. The van der Waals surface area contributed by atoms with Gasteiger partial charge in [0.05, 0.1) is 0 Å². The Hall–Kier alpha value is -1.98. The van der Waals surface area contributed by atoms with Gasteiger partial charge in [0.1, 0.15) is 5.82 Å². The summed E-state index contributed by atoms with van der Waals surface area (Å²) in [4.78, 5) is 16.4. The van der Waals surface area contributed by atoms with E-state index < -0.39 is 0 Å². The van der Waals surface area contributed by atoms with Crippen LogP contribution in [-0.4, -0.2) is 41.9 Å². The van der Waals surface area contributed by atoms with E-state index >= 15 is 0 Å². The molecule has 0 saturated carbocycles. The van der Waals surface area contributed by atoms with Gasteiger partial charge in [-0.2, -0.15) is 11.3 Å². The number of piperazine rings is 1. The predicted molar refractivity (Wildman–Crippen MR) is 91.6 cm³/mol. The lowest BCUT2D eigenvalue weighted by atomic mass is 10.2. The molecule has 5 heteroatoms. The summed E-state index contributed by atoms with van der Waals surface area (Å²) in [5.74, 6) is -0.361. The largest absolute Gasteiger partial charge is 0.337 e. The van der Waals surface area contributed by atoms with Gasteiger partial charge < -0.3 is 4.90 Å². The van der Waals surface area contributed by atoms with Gasteiger partial charge in [-0.05, 0) is 34.5 Å². The molecule has 23 heavy (non-hydrogen) atoms. The first-order chi connectivity index (χ1) is 11.2. The minimum Gasteiger partial charge on any atom is -0.337 e. The summed E-state index contributed by atoms with van der Waals surface area (Å²) in [5, 5.41) is 4.25. The van der Waals surface area contributed by atoms with E-state index in [4.69, 9.17) is 0 Å². The number of nitrogens with zero attached hydrogens (tertiary/aromatic N) is 2. The second kappa shape index (κ2) is 7.53. The summed E-state index contributed by atoms with van der Waals surface area (Å²) in [5.41, 5.74) is 1.77. The van der Waals surface area contributed by atoms with Crippen molar-refractivity contribution in [1.82, 2.24) is 9.80 Å². The van der Waals surface area contributed by atoms with Gasteiger partial charge in [-0.1, -0.05) is 18.2 Å². The van der Waals surface area contributed by atoms with Crippen LogP contribution in [0.4, 0.5) is 4.39 Å². The monoisotopic (exact) mass is 330 g/mol. The highest BCUT2D eigenvalue weighted by Crippen LogP contribution is 2.13. The van der Waals surface area contributed by atoms with Crippen molar-refractivity contribution in [2.75, 3.05) is 26.2 Å². The Morgan fingerprint density at radius 3 is 2.65 bits per heavy atom. The average molecular weight is 330 g/mol. The first-order valence-electron chi connectivity index (χ1n) is 7.67. The standard InChI is InChI=1S/C18H19FN2OS/c19-17-4-2-1-3-16(17)5-6-18(22)21-10-8-20(9-11-21)13-15-7-12-23-14-15/h1-7,12,14H,8-11,13H2/b6-5+. The number of halogens is 1. The van der Waals surface area contributed by atoms with Crippen LogP contribution >= 0.6 is 11.3 Å². The fourth-order valence-corrected chi connectivity index (χ4v) is 3.30. The van der Waals surface area contributed by atoms with Crippen molar-refractivity contribution in [3.05, 3.63) is 64.1 Å². The van der Waals surface area contributed by atoms with Gasteiger partial charge >= 0.3 is 0 Å². The highest BCUT2D eigenvalue weighted by molar-refractivity contribution is 7.07. The topological polar surface area (TPSA) is 23.6 Å². The maximum Gasteiger partial charge on any atom is 0.246 e. The van der Waals surface area contributed by atoms with Crippen LogP contribution in [0.25, 0.3) is 6.08 Å². The molecule has 2 aromatic rings. The zero-order valence-electron chi connectivity index (χ0n) is 12.8. The number of carbonyl (C=O) groups excluding carboxylic acids is 1. The van der Waals surface area contributed by atoms with Crippen molar-refractivity contribution in [3.8, 4) is 0 Å². The van der Waals surface area contributed by atoms with Crippen LogP contribution in [0.3, 0.4) is 0 Å². The van der Waals surface area contributed by atoms with E-state index in [1.807, 2.05) is 4.90 Å². The number of benzene rings is 1. The Morgan fingerprint density at radius 2 is 1.96 bits per heavy atom. The number of carbonyl (C=O) groups is 1. The molecule has 0 aliphatic carbocycles. The molecular weight excluding hydrogens is 311 g/mol. The molecule has 1 aliphatic heterocycles. The fourth-order valence-electron chi connectivity index (χ4n) is 2.64. The van der Waals surface area contributed by atoms with E-state index in [1.54, 1.807) is 35.6 Å². The van der Waals surface area contributed by atoms with Crippen LogP contribution in [-0.2, 0) is 11.3 Å². The highest BCUT2D eigenvalue weighted by atomic mass is 32.1. The van der Waals surface area contributed by atoms with Crippen LogP contribution in [0.15, 0.2) is 47.2 Å². The van der Waals surface area contributed by atoms with E-state index in [0.717, 1.165) is 19.6 Å². The van der Waals surface area contributed by atoms with Crippen LogP contribution in [0, 0.1) is 5.82 Å². The lowest BCUT2D eigenvalue weighted by Gasteiger charge is -2.34. The first-order valence-corrected chi connectivity index (χ1v) is 8.61. The molecule has 2 heterocycles. The number of hydrogen-bond donors (Lipinski definition) is 0. The predicted octanol–water partition coefficient (Wildman–Crippen LogP) is 3.24. The minimum atomic E-state index is -0.308. The number of thiophene rings is 1. The molecule has 0 spiro atoms. The lowest BCUT2D eigenvalue weighted by Crippen LogP contribution is -2.47. The summed E-state index contributed by atoms with van der Waals surface area (Å²) in [6.07, 6.45) is 3.02. The molecule has 0 bridgehead atoms. The van der Waals surface area contributed by atoms with Gasteiger partial charge in [-0.3, -0.25) is 9.69 Å². The Morgan fingerprint density at radius 1 is 1.17 bits per heavy atom. The molecule has 0 N–H and O–H groups in total. The maximum atomic E-state index is 13.5. The molecule has 0 radical (unpaired) electrons. The third kappa shape index (κ3) is 4.27. The third-order valence-electron chi connectivity index (χ3n) is 3.98. The number of hydrogen-bond acceptors (Lipinski definition) is 3. The number of amides is 1. The lowest BCUT2D eigenvalue weighted by molar-refractivity contribution is -0.127. The SMILES string of the molecule is O=C(/C=C/c1ccccc1F)N1CCN(Cc2ccsc2)CC1. The minimum absolute atomic E-state index is 0.0524. The second-order valence-electron chi connectivity index (χ2n) is 5.59. The Kier molecular flexibility index (Phi) is 5.20. The van der Waals surface area contributed by atoms with Gasteiger partial charge in [0.25, 0.3) is 0 Å². The molecule has 0 unspecified atom stereocenters. The van der Waals surface area contributed by atoms with Crippen LogP contribution < -0.4 is 0 Å². The molecule has 1 aromatic carbocycles. The zero-order valence-corrected chi connectivity index (χ0v) is 13.6. The Balaban J connectivity index is 1.51. The normalized spacial score (nSPS) is 16.1. The highest BCUT2D eigenvalue weighted by Gasteiger charge is 2.19. The van der Waals surface area contributed by atoms with Gasteiger partial charge in [0.2, 0.25) is 5.91 Å². The van der Waals surface area contributed by atoms with E-state index in [9.17, 15) is 9.18 Å². The molecule has 0 atom stereocenters. The van der Waals surface area contributed by atoms with Crippen LogP contribution in [0.2, 0.25) is 0 Å². The molecule has 1 aromatic heterocycles. The zero-order chi connectivity index (χ0) is 16.1. The van der Waals surface area contributed by atoms with Gasteiger partial charge in [0, 0.05) is 44.4 Å². The maximum absolute atomic E-state index is 13.5. The fraction of sp³-hybridized carbons (Fsp3) is 0.278. The van der Waals surface area contributed by atoms with Gasteiger partial charge in [0.15, 0.2) is 0 Å². The van der Waals surface area contributed by atoms with Crippen molar-refractivity contribution in [1.29, 1.82) is 0 Å². The molecular formula is C18H19FN2OS. The molecule has 3 nitrogen and oxygen atoms in total. The van der Waals surface area contributed by atoms with E-state index in [0.29, 0.717) is 18.7 Å². The van der Waals surface area contributed by atoms with Crippen molar-refractivity contribution in [3.63, 3.8) is 0 Å². The van der Waals surface area contributed by atoms with Gasteiger partial charge in [-0.25, -0.2) is 4.39 Å². The number of rotatable bonds is 4. The molecule has 120 valence electrons. The summed E-state index contributed by atoms with van der Waals surface area (Å²) < 4.78 is 13.5. The smallest absolute Gasteiger partial charge is 0.246 e. The average Bonchev–Trinajstić information content (AvgIpc) is 3.07. The van der Waals surface area contributed by atoms with Gasteiger partial charge in [-0.15, -0.1) is 0 Å². The van der Waals surface area contributed by atoms with Crippen molar-refractivity contribution >= 4 is 23.3 Å². The molecule has 1 fully saturated rings. The Labute approximate surface area is 139 Å². The molecule has 1 aliphatic rings. The second-order valence-corrected chi connectivity index (χ2v) is 6.37. The van der Waals surface area contributed by atoms with E-state index in [2.05, 4.69) is 21.7 Å². The summed E-state index contributed by atoms with van der Waals surface area (Å²) in [7, 11) is 0. The van der Waals surface area contributed by atoms with E-state index in [1.165, 1.54) is 17.7 Å². The third-order valence-corrected chi connectivity index (χ3v) is 4.71. The molecule has 1 amide bonds. The summed E-state index contributed by atoms with van der Waals surface area (Å²) >= 11 is 1.71.